The van der Waals surface area contributed by atoms with Gasteiger partial charge in [0.15, 0.2) is 0 Å². The predicted molar refractivity (Wildman–Crippen MR) is 100 cm³/mol. The molecule has 9 heteroatoms. The average molecular weight is 466 g/mol. The Kier molecular flexibility index (Phi) is 6.20. The zero-order valence-electron chi connectivity index (χ0n) is 14.1. The molecule has 146 valence electrons. The average Bonchev–Trinajstić information content (AvgIpc) is 2.60. The van der Waals surface area contributed by atoms with Gasteiger partial charge in [-0.15, -0.1) is 13.2 Å². The van der Waals surface area contributed by atoms with Crippen molar-refractivity contribution in [3.63, 3.8) is 0 Å². The van der Waals surface area contributed by atoms with Crippen LogP contribution in [-0.4, -0.2) is 42.5 Å². The van der Waals surface area contributed by atoms with Crippen molar-refractivity contribution >= 4 is 27.5 Å². The first-order valence-corrected chi connectivity index (χ1v) is 9.40. The fourth-order valence-electron chi connectivity index (χ4n) is 3.17. The summed E-state index contributed by atoms with van der Waals surface area (Å²) in [6.45, 7) is 2.98. The molecule has 1 atom stereocenters. The summed E-state index contributed by atoms with van der Waals surface area (Å²) in [6.07, 6.45) is -4.74. The minimum absolute atomic E-state index is 0.0542. The minimum atomic E-state index is -4.74. The lowest BCUT2D eigenvalue weighted by molar-refractivity contribution is -0.274. The maximum absolute atomic E-state index is 12.4. The van der Waals surface area contributed by atoms with Crippen molar-refractivity contribution in [2.45, 2.75) is 12.4 Å². The molecule has 0 radical (unpaired) electrons. The van der Waals surface area contributed by atoms with Gasteiger partial charge in [0.25, 0.3) is 0 Å². The highest BCUT2D eigenvalue weighted by Crippen LogP contribution is 2.40. The first kappa shape index (κ1) is 20.3. The topological polar surface area (TPSA) is 44.7 Å². The van der Waals surface area contributed by atoms with Gasteiger partial charge in [-0.25, -0.2) is 0 Å². The van der Waals surface area contributed by atoms with Crippen LogP contribution in [0.15, 0.2) is 40.9 Å². The van der Waals surface area contributed by atoms with E-state index in [0.29, 0.717) is 15.1 Å². The van der Waals surface area contributed by atoms with Crippen molar-refractivity contribution in [2.24, 2.45) is 0 Å². The molecule has 0 aromatic heterocycles. The normalized spacial score (nSPS) is 16.9. The van der Waals surface area contributed by atoms with Crippen LogP contribution in [-0.2, 0) is 0 Å². The molecule has 1 aliphatic heterocycles. The van der Waals surface area contributed by atoms with Gasteiger partial charge in [0.05, 0.1) is 10.5 Å². The number of nitrogens with one attached hydrogen (secondary N) is 1. The van der Waals surface area contributed by atoms with Crippen LogP contribution in [0.25, 0.3) is 0 Å². The Morgan fingerprint density at radius 1 is 1.15 bits per heavy atom. The number of aromatic hydroxyl groups is 1. The van der Waals surface area contributed by atoms with E-state index in [-0.39, 0.29) is 17.5 Å². The molecule has 3 rings (SSSR count). The van der Waals surface area contributed by atoms with Crippen molar-refractivity contribution < 1.29 is 23.0 Å². The third-order valence-electron chi connectivity index (χ3n) is 4.30. The van der Waals surface area contributed by atoms with Gasteiger partial charge in [0, 0.05) is 36.8 Å². The number of phenols is 1. The maximum atomic E-state index is 12.4. The van der Waals surface area contributed by atoms with Crippen LogP contribution in [0, 0.1) is 0 Å². The number of hydrogen-bond acceptors (Lipinski definition) is 4. The summed E-state index contributed by atoms with van der Waals surface area (Å²) in [6, 6.07) is 8.60. The molecule has 0 unspecified atom stereocenters. The second-order valence-electron chi connectivity index (χ2n) is 6.13. The standard InChI is InChI=1S/C18H17BrClF3N2O2/c19-15-10-12(20)9-14(17(15)26)16(25-7-5-24-6-8-25)11-1-3-13(4-2-11)27-18(21,22)23/h1-4,9-10,16,24,26H,5-8H2/t16-/m1/s1. The van der Waals surface area contributed by atoms with Crippen molar-refractivity contribution in [3.8, 4) is 11.5 Å². The van der Waals surface area contributed by atoms with Gasteiger partial charge in [-0.1, -0.05) is 23.7 Å². The second-order valence-corrected chi connectivity index (χ2v) is 7.42. The van der Waals surface area contributed by atoms with Crippen LogP contribution in [0.2, 0.25) is 5.02 Å². The largest absolute Gasteiger partial charge is 0.573 e. The Hall–Kier alpha value is -1.48. The molecule has 4 nitrogen and oxygen atoms in total. The molecule has 27 heavy (non-hydrogen) atoms. The van der Waals surface area contributed by atoms with Gasteiger partial charge < -0.3 is 15.2 Å². The van der Waals surface area contributed by atoms with E-state index in [1.54, 1.807) is 24.3 Å². The molecule has 2 aromatic carbocycles. The molecule has 2 N–H and O–H groups in total. The Balaban J connectivity index is 2.00. The number of nitrogens with zero attached hydrogens (tertiary/aromatic N) is 1. The van der Waals surface area contributed by atoms with Gasteiger partial charge in [-0.3, -0.25) is 4.90 Å². The van der Waals surface area contributed by atoms with E-state index in [4.69, 9.17) is 11.6 Å². The quantitative estimate of drug-likeness (QED) is 0.687. The van der Waals surface area contributed by atoms with Crippen LogP contribution < -0.4 is 10.1 Å². The monoisotopic (exact) mass is 464 g/mol. The van der Waals surface area contributed by atoms with Crippen molar-refractivity contribution in [2.75, 3.05) is 26.2 Å². The zero-order valence-corrected chi connectivity index (χ0v) is 16.4. The number of phenolic OH excluding ortho intramolecular Hbond substituents is 1. The fourth-order valence-corrected chi connectivity index (χ4v) is 4.01. The van der Waals surface area contributed by atoms with E-state index in [1.807, 2.05) is 0 Å². The Labute approximate surface area is 168 Å². The lowest BCUT2D eigenvalue weighted by Crippen LogP contribution is -2.45. The van der Waals surface area contributed by atoms with Crippen molar-refractivity contribution in [3.05, 3.63) is 57.0 Å². The number of benzene rings is 2. The molecule has 0 amide bonds. The van der Waals surface area contributed by atoms with E-state index >= 15 is 0 Å². The van der Waals surface area contributed by atoms with Crippen LogP contribution >= 0.6 is 27.5 Å². The Morgan fingerprint density at radius 3 is 2.37 bits per heavy atom. The first-order valence-electron chi connectivity index (χ1n) is 8.23. The van der Waals surface area contributed by atoms with Crippen LogP contribution in [0.1, 0.15) is 17.2 Å². The lowest BCUT2D eigenvalue weighted by Gasteiger charge is -2.36. The summed E-state index contributed by atoms with van der Waals surface area (Å²) in [5, 5.41) is 14.3. The summed E-state index contributed by atoms with van der Waals surface area (Å²) in [5.41, 5.74) is 1.32. The fraction of sp³-hybridized carbons (Fsp3) is 0.333. The first-order chi connectivity index (χ1) is 12.7. The van der Waals surface area contributed by atoms with Crippen molar-refractivity contribution in [1.29, 1.82) is 0 Å². The summed E-state index contributed by atoms with van der Waals surface area (Å²) in [4.78, 5) is 2.15. The SMILES string of the molecule is Oc1c(Br)cc(Cl)cc1[C@@H](c1ccc(OC(F)(F)F)cc1)N1CCNCC1. The van der Waals surface area contributed by atoms with Gasteiger partial charge in [-0.2, -0.15) is 0 Å². The highest BCUT2D eigenvalue weighted by atomic mass is 79.9. The summed E-state index contributed by atoms with van der Waals surface area (Å²) < 4.78 is 41.6. The molecule has 0 bridgehead atoms. The summed E-state index contributed by atoms with van der Waals surface area (Å²) >= 11 is 9.47. The minimum Gasteiger partial charge on any atom is -0.506 e. The highest BCUT2D eigenvalue weighted by Gasteiger charge is 2.32. The summed E-state index contributed by atoms with van der Waals surface area (Å²) in [5.74, 6) is -0.236. The molecule has 1 heterocycles. The molecule has 1 fully saturated rings. The smallest absolute Gasteiger partial charge is 0.506 e. The van der Waals surface area contributed by atoms with E-state index in [2.05, 4.69) is 30.9 Å². The van der Waals surface area contributed by atoms with E-state index in [0.717, 1.165) is 31.7 Å². The molecular formula is C18H17BrClF3N2O2. The van der Waals surface area contributed by atoms with Crippen molar-refractivity contribution in [1.82, 2.24) is 10.2 Å². The molecule has 0 saturated carbocycles. The van der Waals surface area contributed by atoms with Crippen LogP contribution in [0.5, 0.6) is 11.5 Å². The van der Waals surface area contributed by atoms with Gasteiger partial charge in [0.2, 0.25) is 0 Å². The number of ether oxygens (including phenoxy) is 1. The van der Waals surface area contributed by atoms with E-state index < -0.39 is 6.36 Å². The van der Waals surface area contributed by atoms with Gasteiger partial charge in [0.1, 0.15) is 11.5 Å². The summed E-state index contributed by atoms with van der Waals surface area (Å²) in [7, 11) is 0. The molecule has 0 spiro atoms. The number of hydrogen-bond donors (Lipinski definition) is 2. The van der Waals surface area contributed by atoms with Gasteiger partial charge >= 0.3 is 6.36 Å². The highest BCUT2D eigenvalue weighted by molar-refractivity contribution is 9.10. The van der Waals surface area contributed by atoms with Crippen LogP contribution in [0.4, 0.5) is 13.2 Å². The van der Waals surface area contributed by atoms with Crippen LogP contribution in [0.3, 0.4) is 0 Å². The van der Waals surface area contributed by atoms with E-state index in [9.17, 15) is 18.3 Å². The number of halogens is 5. The number of piperazine rings is 1. The Morgan fingerprint density at radius 2 is 1.78 bits per heavy atom. The third-order valence-corrected chi connectivity index (χ3v) is 5.12. The molecule has 2 aromatic rings. The zero-order chi connectivity index (χ0) is 19.6. The molecule has 1 aliphatic rings. The van der Waals surface area contributed by atoms with Gasteiger partial charge in [-0.05, 0) is 45.8 Å². The molecule has 1 saturated heterocycles. The number of rotatable bonds is 4. The number of alkyl halides is 3. The maximum Gasteiger partial charge on any atom is 0.573 e. The lowest BCUT2D eigenvalue weighted by atomic mass is 9.95. The second kappa shape index (κ2) is 8.26. The molecular weight excluding hydrogens is 449 g/mol. The third kappa shape index (κ3) is 5.07. The Bertz CT molecular complexity index is 796. The predicted octanol–water partition coefficient (Wildman–Crippen LogP) is 4.70. The molecule has 0 aliphatic carbocycles. The van der Waals surface area contributed by atoms with E-state index in [1.165, 1.54) is 12.1 Å².